The van der Waals surface area contributed by atoms with E-state index in [1.807, 2.05) is 43.3 Å². The van der Waals surface area contributed by atoms with Crippen molar-refractivity contribution in [3.8, 4) is 10.4 Å². The number of esters is 1. The molecule has 2 rings (SSSR count). The largest absolute Gasteiger partial charge is 0.465 e. The zero-order valence-corrected chi connectivity index (χ0v) is 13.4. The molecule has 1 aromatic heterocycles. The summed E-state index contributed by atoms with van der Waals surface area (Å²) in [6.07, 6.45) is 0. The predicted molar refractivity (Wildman–Crippen MR) is 91.0 cm³/mol. The molecule has 0 spiro atoms. The van der Waals surface area contributed by atoms with E-state index in [2.05, 4.69) is 10.6 Å². The average molecular weight is 320 g/mol. The van der Waals surface area contributed by atoms with Crippen LogP contribution in [-0.4, -0.2) is 24.7 Å². The van der Waals surface area contributed by atoms with Crippen molar-refractivity contribution in [3.63, 3.8) is 0 Å². The molecule has 0 saturated carbocycles. The second kappa shape index (κ2) is 7.19. The molecular weight excluding hydrogens is 304 g/mol. The van der Waals surface area contributed by atoms with E-state index in [0.717, 1.165) is 17.0 Å². The molecule has 0 fully saturated rings. The summed E-state index contributed by atoms with van der Waals surface area (Å²) in [5, 5.41) is 7.23. The van der Waals surface area contributed by atoms with E-state index in [4.69, 9.17) is 17.0 Å². The highest BCUT2D eigenvalue weighted by Gasteiger charge is 2.18. The predicted octanol–water partition coefficient (Wildman–Crippen LogP) is 3.51. The van der Waals surface area contributed by atoms with Crippen molar-refractivity contribution in [1.82, 2.24) is 5.32 Å². The molecule has 2 N–H and O–H groups in total. The summed E-state index contributed by atoms with van der Waals surface area (Å²) >= 11 is 6.65. The first-order valence-corrected chi connectivity index (χ1v) is 7.70. The summed E-state index contributed by atoms with van der Waals surface area (Å²) < 4.78 is 4.83. The molecule has 1 heterocycles. The van der Waals surface area contributed by atoms with Gasteiger partial charge in [-0.25, -0.2) is 4.79 Å². The molecule has 0 atom stereocenters. The number of carbonyl (C=O) groups is 1. The number of methoxy groups -OCH3 is 1. The Balaban J connectivity index is 2.36. The highest BCUT2D eigenvalue weighted by Crippen LogP contribution is 2.35. The third-order valence-corrected chi connectivity index (χ3v) is 4.11. The topological polar surface area (TPSA) is 50.4 Å². The highest BCUT2D eigenvalue weighted by molar-refractivity contribution is 7.80. The van der Waals surface area contributed by atoms with Gasteiger partial charge in [0.1, 0.15) is 5.00 Å². The second-order valence-electron chi connectivity index (χ2n) is 4.20. The van der Waals surface area contributed by atoms with E-state index in [0.29, 0.717) is 15.7 Å². The second-order valence-corrected chi connectivity index (χ2v) is 5.66. The van der Waals surface area contributed by atoms with Crippen LogP contribution in [0.3, 0.4) is 0 Å². The Kier molecular flexibility index (Phi) is 5.30. The van der Waals surface area contributed by atoms with Gasteiger partial charge in [0.15, 0.2) is 5.11 Å². The van der Waals surface area contributed by atoms with Gasteiger partial charge >= 0.3 is 5.97 Å². The van der Waals surface area contributed by atoms with E-state index in [9.17, 15) is 4.79 Å². The number of ether oxygens (including phenoxy) is 1. The van der Waals surface area contributed by atoms with E-state index in [1.54, 1.807) is 0 Å². The lowest BCUT2D eigenvalue weighted by atomic mass is 10.1. The number of carbonyl (C=O) groups excluding carboxylic acids is 1. The van der Waals surface area contributed by atoms with E-state index in [1.165, 1.54) is 18.4 Å². The van der Waals surface area contributed by atoms with Crippen molar-refractivity contribution in [2.45, 2.75) is 6.92 Å². The first-order chi connectivity index (χ1) is 10.2. The van der Waals surface area contributed by atoms with Crippen LogP contribution in [-0.2, 0) is 4.74 Å². The first kappa shape index (κ1) is 15.5. The number of hydrogen-bond donors (Lipinski definition) is 2. The van der Waals surface area contributed by atoms with E-state index < -0.39 is 0 Å². The number of anilines is 1. The molecule has 6 heteroatoms. The summed E-state index contributed by atoms with van der Waals surface area (Å²) in [4.78, 5) is 12.9. The van der Waals surface area contributed by atoms with Crippen LogP contribution in [0.4, 0.5) is 5.00 Å². The number of benzene rings is 1. The maximum atomic E-state index is 11.9. The Bertz CT molecular complexity index is 638. The molecule has 0 aliphatic carbocycles. The Morgan fingerprint density at radius 3 is 2.67 bits per heavy atom. The van der Waals surface area contributed by atoms with Crippen LogP contribution in [0.25, 0.3) is 10.4 Å². The number of thiophene rings is 1. The molecule has 21 heavy (non-hydrogen) atoms. The Morgan fingerprint density at radius 1 is 1.33 bits per heavy atom. The first-order valence-electron chi connectivity index (χ1n) is 6.48. The molecule has 0 saturated heterocycles. The highest BCUT2D eigenvalue weighted by atomic mass is 32.1. The summed E-state index contributed by atoms with van der Waals surface area (Å²) in [7, 11) is 1.37. The lowest BCUT2D eigenvalue weighted by Crippen LogP contribution is -2.28. The van der Waals surface area contributed by atoms with Gasteiger partial charge in [-0.3, -0.25) is 0 Å². The van der Waals surface area contributed by atoms with Gasteiger partial charge in [-0.2, -0.15) is 0 Å². The van der Waals surface area contributed by atoms with Gasteiger partial charge in [-0.05, 0) is 30.8 Å². The zero-order chi connectivity index (χ0) is 15.2. The molecule has 2 aromatic rings. The Morgan fingerprint density at radius 2 is 2.05 bits per heavy atom. The molecule has 0 radical (unpaired) electrons. The third kappa shape index (κ3) is 3.80. The van der Waals surface area contributed by atoms with Crippen molar-refractivity contribution in [1.29, 1.82) is 0 Å². The van der Waals surface area contributed by atoms with Crippen LogP contribution in [0.1, 0.15) is 17.3 Å². The molecule has 1 aromatic carbocycles. The molecule has 0 unspecified atom stereocenters. The molecule has 110 valence electrons. The van der Waals surface area contributed by atoms with E-state index in [-0.39, 0.29) is 5.97 Å². The van der Waals surface area contributed by atoms with Crippen LogP contribution in [0.15, 0.2) is 36.4 Å². The SMILES string of the molecule is CCNC(=S)Nc1sc(-c2ccccc2)cc1C(=O)OC. The number of nitrogens with one attached hydrogen (secondary N) is 2. The fraction of sp³-hybridized carbons (Fsp3) is 0.200. The van der Waals surface area contributed by atoms with Gasteiger partial charge in [-0.1, -0.05) is 30.3 Å². The maximum absolute atomic E-state index is 11.9. The van der Waals surface area contributed by atoms with Crippen LogP contribution >= 0.6 is 23.6 Å². The number of rotatable bonds is 4. The van der Waals surface area contributed by atoms with Crippen molar-refractivity contribution < 1.29 is 9.53 Å². The Hall–Kier alpha value is -1.92. The fourth-order valence-electron chi connectivity index (χ4n) is 1.80. The van der Waals surface area contributed by atoms with Crippen LogP contribution in [0.2, 0.25) is 0 Å². The number of hydrogen-bond acceptors (Lipinski definition) is 4. The number of thiocarbonyl (C=S) groups is 1. The minimum Gasteiger partial charge on any atom is -0.465 e. The Labute approximate surface area is 133 Å². The zero-order valence-electron chi connectivity index (χ0n) is 11.8. The average Bonchev–Trinajstić information content (AvgIpc) is 2.91. The molecule has 0 amide bonds. The standard InChI is InChI=1S/C15H16N2O2S2/c1-3-16-15(20)17-13-11(14(18)19-2)9-12(21-13)10-7-5-4-6-8-10/h4-9H,3H2,1-2H3,(H2,16,17,20). The lowest BCUT2D eigenvalue weighted by molar-refractivity contribution is 0.0602. The van der Waals surface area contributed by atoms with Crippen molar-refractivity contribution in [3.05, 3.63) is 42.0 Å². The van der Waals surface area contributed by atoms with Gasteiger partial charge in [0.2, 0.25) is 0 Å². The third-order valence-electron chi connectivity index (χ3n) is 2.76. The monoisotopic (exact) mass is 320 g/mol. The minimum atomic E-state index is -0.379. The smallest absolute Gasteiger partial charge is 0.340 e. The molecule has 0 bridgehead atoms. The summed E-state index contributed by atoms with van der Waals surface area (Å²) in [6, 6.07) is 11.7. The molecular formula is C15H16N2O2S2. The minimum absolute atomic E-state index is 0.379. The van der Waals surface area contributed by atoms with Gasteiger partial charge in [-0.15, -0.1) is 11.3 Å². The van der Waals surface area contributed by atoms with Crippen molar-refractivity contribution in [2.24, 2.45) is 0 Å². The summed E-state index contributed by atoms with van der Waals surface area (Å²) in [6.45, 7) is 2.68. The van der Waals surface area contributed by atoms with Crippen LogP contribution in [0, 0.1) is 0 Å². The van der Waals surface area contributed by atoms with Gasteiger partial charge in [0.05, 0.1) is 12.7 Å². The summed E-state index contributed by atoms with van der Waals surface area (Å²) in [5.74, 6) is -0.379. The van der Waals surface area contributed by atoms with E-state index >= 15 is 0 Å². The quantitative estimate of drug-likeness (QED) is 0.667. The van der Waals surface area contributed by atoms with Crippen LogP contribution in [0.5, 0.6) is 0 Å². The van der Waals surface area contributed by atoms with Gasteiger partial charge in [0.25, 0.3) is 0 Å². The molecule has 0 aliphatic rings. The van der Waals surface area contributed by atoms with Gasteiger partial charge < -0.3 is 15.4 Å². The van der Waals surface area contributed by atoms with Crippen molar-refractivity contribution >= 4 is 39.6 Å². The maximum Gasteiger partial charge on any atom is 0.340 e. The molecule has 4 nitrogen and oxygen atoms in total. The van der Waals surface area contributed by atoms with Crippen LogP contribution < -0.4 is 10.6 Å². The summed E-state index contributed by atoms with van der Waals surface area (Å²) in [5.41, 5.74) is 1.54. The van der Waals surface area contributed by atoms with Crippen molar-refractivity contribution in [2.75, 3.05) is 19.0 Å². The fourth-order valence-corrected chi connectivity index (χ4v) is 3.16. The molecule has 0 aliphatic heterocycles. The normalized spacial score (nSPS) is 10.0. The lowest BCUT2D eigenvalue weighted by Gasteiger charge is -2.08. The van der Waals surface area contributed by atoms with Gasteiger partial charge in [0, 0.05) is 11.4 Å².